The van der Waals surface area contributed by atoms with Crippen LogP contribution in [0.2, 0.25) is 0 Å². The molecule has 4 heteroatoms. The molecule has 0 aromatic heterocycles. The molecule has 1 saturated heterocycles. The van der Waals surface area contributed by atoms with E-state index in [-0.39, 0.29) is 6.42 Å². The van der Waals surface area contributed by atoms with E-state index in [1.807, 2.05) is 0 Å². The third-order valence-corrected chi connectivity index (χ3v) is 3.25. The van der Waals surface area contributed by atoms with E-state index in [1.165, 1.54) is 0 Å². The van der Waals surface area contributed by atoms with Gasteiger partial charge in [0.1, 0.15) is 0 Å². The Kier molecular flexibility index (Phi) is 5.77. The largest absolute Gasteiger partial charge is 0.481 e. The predicted molar refractivity (Wildman–Crippen MR) is 62.5 cm³/mol. The lowest BCUT2D eigenvalue weighted by Gasteiger charge is -2.33. The zero-order valence-electron chi connectivity index (χ0n) is 10.1. The summed E-state index contributed by atoms with van der Waals surface area (Å²) in [7, 11) is 0. The highest BCUT2D eigenvalue weighted by atomic mass is 16.5. The van der Waals surface area contributed by atoms with Crippen LogP contribution in [0.15, 0.2) is 0 Å². The van der Waals surface area contributed by atoms with Crippen molar-refractivity contribution in [2.45, 2.75) is 39.0 Å². The first-order valence-electron chi connectivity index (χ1n) is 6.13. The van der Waals surface area contributed by atoms with Crippen molar-refractivity contribution in [3.63, 3.8) is 0 Å². The maximum absolute atomic E-state index is 10.3. The summed E-state index contributed by atoms with van der Waals surface area (Å²) in [6.45, 7) is 5.97. The molecule has 0 radical (unpaired) electrons. The lowest BCUT2D eigenvalue weighted by molar-refractivity contribution is -0.137. The highest BCUT2D eigenvalue weighted by molar-refractivity contribution is 5.66. The van der Waals surface area contributed by atoms with Crippen LogP contribution in [-0.4, -0.2) is 37.4 Å². The quantitative estimate of drug-likeness (QED) is 0.652. The molecule has 2 N–H and O–H groups in total. The normalized spacial score (nSPS) is 19.6. The van der Waals surface area contributed by atoms with Gasteiger partial charge in [-0.1, -0.05) is 6.92 Å². The molecule has 1 aliphatic heterocycles. The minimum Gasteiger partial charge on any atom is -0.481 e. The number of rotatable bonds is 7. The topological polar surface area (TPSA) is 58.6 Å². The fourth-order valence-corrected chi connectivity index (χ4v) is 1.96. The monoisotopic (exact) mass is 229 g/mol. The Morgan fingerprint density at radius 3 is 2.69 bits per heavy atom. The van der Waals surface area contributed by atoms with Crippen molar-refractivity contribution in [3.05, 3.63) is 0 Å². The molecule has 16 heavy (non-hydrogen) atoms. The molecule has 0 aromatic rings. The van der Waals surface area contributed by atoms with E-state index in [9.17, 15) is 4.79 Å². The van der Waals surface area contributed by atoms with E-state index in [2.05, 4.69) is 12.2 Å². The van der Waals surface area contributed by atoms with E-state index in [0.29, 0.717) is 5.41 Å². The van der Waals surface area contributed by atoms with Gasteiger partial charge in [-0.15, -0.1) is 0 Å². The first-order chi connectivity index (χ1) is 7.62. The predicted octanol–water partition coefficient (Wildman–Crippen LogP) is 1.65. The highest BCUT2D eigenvalue weighted by Crippen LogP contribution is 2.28. The van der Waals surface area contributed by atoms with Crippen LogP contribution in [-0.2, 0) is 9.53 Å². The molecule has 1 heterocycles. The molecule has 1 rings (SSSR count). The third-order valence-electron chi connectivity index (χ3n) is 3.25. The zero-order valence-corrected chi connectivity index (χ0v) is 10.1. The number of hydrogen-bond donors (Lipinski definition) is 2. The number of nitrogens with one attached hydrogen (secondary N) is 1. The minimum absolute atomic E-state index is 0.285. The Morgan fingerprint density at radius 1 is 1.38 bits per heavy atom. The van der Waals surface area contributed by atoms with Crippen LogP contribution < -0.4 is 5.32 Å². The molecule has 0 aromatic carbocycles. The second-order valence-corrected chi connectivity index (χ2v) is 4.95. The number of carbonyl (C=O) groups is 1. The summed E-state index contributed by atoms with van der Waals surface area (Å²) in [5, 5.41) is 11.9. The SMILES string of the molecule is CC1(CNCCCCC(=O)O)CCOCC1. The number of carboxylic acids is 1. The zero-order chi connectivity index (χ0) is 11.9. The lowest BCUT2D eigenvalue weighted by atomic mass is 9.82. The van der Waals surface area contributed by atoms with Gasteiger partial charge in [-0.25, -0.2) is 0 Å². The van der Waals surface area contributed by atoms with Crippen LogP contribution in [0.4, 0.5) is 0 Å². The van der Waals surface area contributed by atoms with Gasteiger partial charge in [0.25, 0.3) is 0 Å². The van der Waals surface area contributed by atoms with Crippen LogP contribution in [0.25, 0.3) is 0 Å². The standard InChI is InChI=1S/C12H23NO3/c1-12(5-8-16-9-6-12)10-13-7-3-2-4-11(14)15/h13H,2-10H2,1H3,(H,14,15). The number of hydrogen-bond acceptors (Lipinski definition) is 3. The first-order valence-corrected chi connectivity index (χ1v) is 6.13. The molecule has 94 valence electrons. The molecule has 0 amide bonds. The van der Waals surface area contributed by atoms with Gasteiger partial charge in [-0.05, 0) is 37.6 Å². The van der Waals surface area contributed by atoms with Crippen molar-refractivity contribution >= 4 is 5.97 Å². The Labute approximate surface area is 97.4 Å². The highest BCUT2D eigenvalue weighted by Gasteiger charge is 2.26. The van der Waals surface area contributed by atoms with Gasteiger partial charge in [0.15, 0.2) is 0 Å². The first kappa shape index (κ1) is 13.5. The van der Waals surface area contributed by atoms with Crippen molar-refractivity contribution in [3.8, 4) is 0 Å². The molecule has 0 unspecified atom stereocenters. The van der Waals surface area contributed by atoms with Gasteiger partial charge in [0.05, 0.1) is 0 Å². The molecule has 1 fully saturated rings. The summed E-state index contributed by atoms with van der Waals surface area (Å²) < 4.78 is 5.34. The average molecular weight is 229 g/mol. The van der Waals surface area contributed by atoms with Crippen molar-refractivity contribution < 1.29 is 14.6 Å². The average Bonchev–Trinajstić information content (AvgIpc) is 2.24. The van der Waals surface area contributed by atoms with E-state index < -0.39 is 5.97 Å². The number of ether oxygens (including phenoxy) is 1. The van der Waals surface area contributed by atoms with Gasteiger partial charge in [-0.2, -0.15) is 0 Å². The summed E-state index contributed by atoms with van der Waals surface area (Å²) in [5.74, 6) is -0.698. The van der Waals surface area contributed by atoms with Crippen molar-refractivity contribution in [2.75, 3.05) is 26.3 Å². The summed E-state index contributed by atoms with van der Waals surface area (Å²) >= 11 is 0. The van der Waals surface area contributed by atoms with Crippen LogP contribution in [0, 0.1) is 5.41 Å². The van der Waals surface area contributed by atoms with Crippen LogP contribution in [0.5, 0.6) is 0 Å². The number of unbranched alkanes of at least 4 members (excludes halogenated alkanes) is 1. The van der Waals surface area contributed by atoms with E-state index in [4.69, 9.17) is 9.84 Å². The van der Waals surface area contributed by atoms with Crippen LogP contribution >= 0.6 is 0 Å². The molecular weight excluding hydrogens is 206 g/mol. The van der Waals surface area contributed by atoms with E-state index in [1.54, 1.807) is 0 Å². The fraction of sp³-hybridized carbons (Fsp3) is 0.917. The second-order valence-electron chi connectivity index (χ2n) is 4.95. The van der Waals surface area contributed by atoms with E-state index >= 15 is 0 Å². The van der Waals surface area contributed by atoms with Gasteiger partial charge in [0.2, 0.25) is 0 Å². The molecule has 0 saturated carbocycles. The van der Waals surface area contributed by atoms with Crippen LogP contribution in [0.1, 0.15) is 39.0 Å². The fourth-order valence-electron chi connectivity index (χ4n) is 1.96. The molecule has 0 aliphatic carbocycles. The maximum atomic E-state index is 10.3. The summed E-state index contributed by atoms with van der Waals surface area (Å²) in [6.07, 6.45) is 4.23. The van der Waals surface area contributed by atoms with Gasteiger partial charge >= 0.3 is 5.97 Å². The van der Waals surface area contributed by atoms with Gasteiger partial charge in [-0.3, -0.25) is 4.79 Å². The van der Waals surface area contributed by atoms with Crippen LogP contribution in [0.3, 0.4) is 0 Å². The molecule has 0 spiro atoms. The molecule has 4 nitrogen and oxygen atoms in total. The van der Waals surface area contributed by atoms with Crippen molar-refractivity contribution in [2.24, 2.45) is 5.41 Å². The molecule has 1 aliphatic rings. The summed E-state index contributed by atoms with van der Waals surface area (Å²) in [5.41, 5.74) is 0.366. The van der Waals surface area contributed by atoms with Crippen molar-refractivity contribution in [1.29, 1.82) is 0 Å². The molecule has 0 bridgehead atoms. The smallest absolute Gasteiger partial charge is 0.303 e. The Hall–Kier alpha value is -0.610. The lowest BCUT2D eigenvalue weighted by Crippen LogP contribution is -2.37. The minimum atomic E-state index is -0.698. The van der Waals surface area contributed by atoms with Gasteiger partial charge in [0, 0.05) is 26.2 Å². The van der Waals surface area contributed by atoms with Crippen molar-refractivity contribution in [1.82, 2.24) is 5.32 Å². The number of carboxylic acid groups (broad SMARTS) is 1. The number of aliphatic carboxylic acids is 1. The Bertz CT molecular complexity index is 212. The second kappa shape index (κ2) is 6.86. The maximum Gasteiger partial charge on any atom is 0.303 e. The summed E-state index contributed by atoms with van der Waals surface area (Å²) in [4.78, 5) is 10.3. The Balaban J connectivity index is 1.99. The third kappa shape index (κ3) is 5.47. The summed E-state index contributed by atoms with van der Waals surface area (Å²) in [6, 6.07) is 0. The van der Waals surface area contributed by atoms with E-state index in [0.717, 1.165) is 52.0 Å². The molecular formula is C12H23NO3. The molecule has 0 atom stereocenters. The van der Waals surface area contributed by atoms with Gasteiger partial charge < -0.3 is 15.2 Å². The Morgan fingerprint density at radius 2 is 2.06 bits per heavy atom.